The average molecular weight is 409 g/mol. The fourth-order valence-electron chi connectivity index (χ4n) is 3.68. The zero-order valence-corrected chi connectivity index (χ0v) is 17.3. The van der Waals surface area contributed by atoms with Crippen molar-refractivity contribution in [2.24, 2.45) is 5.92 Å². The summed E-state index contributed by atoms with van der Waals surface area (Å²) in [5, 5.41) is 13.2. The Morgan fingerprint density at radius 3 is 2.46 bits per heavy atom. The summed E-state index contributed by atoms with van der Waals surface area (Å²) in [5.41, 5.74) is 1.60. The first-order valence-corrected chi connectivity index (χ1v) is 9.60. The van der Waals surface area contributed by atoms with Gasteiger partial charge in [-0.05, 0) is 76.4 Å². The van der Waals surface area contributed by atoms with Crippen molar-refractivity contribution in [2.45, 2.75) is 45.6 Å². The van der Waals surface area contributed by atoms with E-state index in [4.69, 9.17) is 5.11 Å². The molecule has 1 aromatic carbocycles. The van der Waals surface area contributed by atoms with Gasteiger partial charge in [-0.3, -0.25) is 4.79 Å². The van der Waals surface area contributed by atoms with E-state index in [1.165, 1.54) is 12.8 Å². The van der Waals surface area contributed by atoms with Crippen LogP contribution < -0.4 is 5.69 Å². The molecule has 0 radical (unpaired) electrons. The van der Waals surface area contributed by atoms with Crippen LogP contribution in [0.2, 0.25) is 0 Å². The molecule has 2 aromatic rings. The van der Waals surface area contributed by atoms with Crippen molar-refractivity contribution in [2.75, 3.05) is 20.1 Å². The number of halogens is 1. The van der Waals surface area contributed by atoms with Crippen LogP contribution in [-0.4, -0.2) is 50.5 Å². The van der Waals surface area contributed by atoms with Gasteiger partial charge in [0.2, 0.25) is 0 Å². The minimum absolute atomic E-state index is 0. The van der Waals surface area contributed by atoms with E-state index in [-0.39, 0.29) is 24.5 Å². The Bertz CT molecular complexity index is 836. The molecular weight excluding hydrogens is 380 g/mol. The smallest absolute Gasteiger partial charge is 0.350 e. The summed E-state index contributed by atoms with van der Waals surface area (Å²) >= 11 is 0. The van der Waals surface area contributed by atoms with Gasteiger partial charge in [0.1, 0.15) is 5.82 Å². The van der Waals surface area contributed by atoms with E-state index in [2.05, 4.69) is 17.0 Å². The number of rotatable bonds is 7. The number of nitrogens with zero attached hydrogens (tertiary/aromatic N) is 4. The van der Waals surface area contributed by atoms with Crippen molar-refractivity contribution in [1.29, 1.82) is 0 Å². The molecule has 0 amide bonds. The number of hydrogen-bond donors (Lipinski definition) is 1. The number of carbonyl (C=O) groups is 1. The highest BCUT2D eigenvalue weighted by Crippen LogP contribution is 2.20. The molecule has 154 valence electrons. The molecule has 7 nitrogen and oxygen atoms in total. The Labute approximate surface area is 171 Å². The van der Waals surface area contributed by atoms with Crippen LogP contribution in [0.3, 0.4) is 0 Å². The molecule has 0 saturated carbocycles. The first-order chi connectivity index (χ1) is 12.9. The summed E-state index contributed by atoms with van der Waals surface area (Å²) in [4.78, 5) is 25.8. The number of hydrogen-bond acceptors (Lipinski definition) is 4. The molecule has 8 heteroatoms. The predicted molar refractivity (Wildman–Crippen MR) is 111 cm³/mol. The number of aliphatic carboxylic acids is 1. The fourth-order valence-corrected chi connectivity index (χ4v) is 3.68. The Hall–Kier alpha value is -2.12. The van der Waals surface area contributed by atoms with E-state index in [1.807, 2.05) is 31.2 Å². The van der Waals surface area contributed by atoms with Crippen molar-refractivity contribution in [3.05, 3.63) is 46.1 Å². The van der Waals surface area contributed by atoms with Crippen LogP contribution in [0.15, 0.2) is 29.1 Å². The van der Waals surface area contributed by atoms with Gasteiger partial charge in [0.15, 0.2) is 0 Å². The first-order valence-electron chi connectivity index (χ1n) is 9.60. The van der Waals surface area contributed by atoms with Gasteiger partial charge in [-0.15, -0.1) is 12.4 Å². The normalized spacial score (nSPS) is 15.4. The Balaban J connectivity index is 0.00000280. The summed E-state index contributed by atoms with van der Waals surface area (Å²) in [5.74, 6) is 0.519. The summed E-state index contributed by atoms with van der Waals surface area (Å²) in [7, 11) is 2.15. The number of carboxylic acid groups (broad SMARTS) is 1. The lowest BCUT2D eigenvalue weighted by Crippen LogP contribution is -2.31. The fraction of sp³-hybridized carbons (Fsp3) is 0.550. The number of aryl methyl sites for hydroxylation is 3. The second-order valence-corrected chi connectivity index (χ2v) is 7.48. The molecule has 2 heterocycles. The Morgan fingerprint density at radius 1 is 1.21 bits per heavy atom. The third-order valence-electron chi connectivity index (χ3n) is 5.41. The molecule has 0 spiro atoms. The lowest BCUT2D eigenvalue weighted by Gasteiger charge is -2.28. The number of aromatic nitrogens is 3. The van der Waals surface area contributed by atoms with Gasteiger partial charge in [0.25, 0.3) is 0 Å². The van der Waals surface area contributed by atoms with Crippen LogP contribution in [0, 0.1) is 12.8 Å². The lowest BCUT2D eigenvalue weighted by atomic mass is 9.94. The molecule has 1 saturated heterocycles. The van der Waals surface area contributed by atoms with E-state index in [0.717, 1.165) is 30.8 Å². The minimum Gasteiger partial charge on any atom is -0.481 e. The SMILES string of the molecule is Cc1nn(CCC2CCN(C)CC2)c(=O)n1-c1ccc(CCC(=O)O)cc1.Cl. The third kappa shape index (κ3) is 5.45. The van der Waals surface area contributed by atoms with E-state index in [1.54, 1.807) is 9.25 Å². The highest BCUT2D eigenvalue weighted by Gasteiger charge is 2.18. The largest absolute Gasteiger partial charge is 0.481 e. The second-order valence-electron chi connectivity index (χ2n) is 7.48. The highest BCUT2D eigenvalue weighted by atomic mass is 35.5. The summed E-state index contributed by atoms with van der Waals surface area (Å²) in [6.45, 7) is 4.74. The van der Waals surface area contributed by atoms with Crippen molar-refractivity contribution in [3.63, 3.8) is 0 Å². The zero-order chi connectivity index (χ0) is 19.4. The number of likely N-dealkylation sites (tertiary alicyclic amines) is 1. The topological polar surface area (TPSA) is 80.4 Å². The van der Waals surface area contributed by atoms with Gasteiger partial charge >= 0.3 is 11.7 Å². The van der Waals surface area contributed by atoms with Crippen LogP contribution >= 0.6 is 12.4 Å². The van der Waals surface area contributed by atoms with E-state index in [0.29, 0.717) is 24.7 Å². The second kappa shape index (κ2) is 9.89. The number of piperidine rings is 1. The summed E-state index contributed by atoms with van der Waals surface area (Å²) in [6, 6.07) is 7.46. The summed E-state index contributed by atoms with van der Waals surface area (Å²) < 4.78 is 3.20. The van der Waals surface area contributed by atoms with Gasteiger partial charge in [-0.1, -0.05) is 12.1 Å². The molecule has 1 aliphatic heterocycles. The van der Waals surface area contributed by atoms with Crippen LogP contribution in [0.1, 0.15) is 37.1 Å². The monoisotopic (exact) mass is 408 g/mol. The van der Waals surface area contributed by atoms with Crippen LogP contribution in [0.25, 0.3) is 5.69 Å². The van der Waals surface area contributed by atoms with Gasteiger partial charge in [-0.2, -0.15) is 5.10 Å². The van der Waals surface area contributed by atoms with Gasteiger partial charge in [-0.25, -0.2) is 14.0 Å². The van der Waals surface area contributed by atoms with E-state index in [9.17, 15) is 9.59 Å². The van der Waals surface area contributed by atoms with Crippen LogP contribution in [0.4, 0.5) is 0 Å². The number of carboxylic acids is 1. The predicted octanol–water partition coefficient (Wildman–Crippen LogP) is 2.51. The maximum absolute atomic E-state index is 12.8. The van der Waals surface area contributed by atoms with E-state index >= 15 is 0 Å². The van der Waals surface area contributed by atoms with Crippen LogP contribution in [-0.2, 0) is 17.8 Å². The molecule has 1 aromatic heterocycles. The molecule has 0 unspecified atom stereocenters. The van der Waals surface area contributed by atoms with Gasteiger partial charge in [0.05, 0.1) is 5.69 Å². The van der Waals surface area contributed by atoms with Crippen molar-refractivity contribution < 1.29 is 9.90 Å². The maximum atomic E-state index is 12.8. The van der Waals surface area contributed by atoms with Crippen molar-refractivity contribution in [3.8, 4) is 5.69 Å². The van der Waals surface area contributed by atoms with Gasteiger partial charge < -0.3 is 10.0 Å². The zero-order valence-electron chi connectivity index (χ0n) is 16.5. The molecule has 28 heavy (non-hydrogen) atoms. The Kier molecular flexibility index (Phi) is 7.83. The standard InChI is InChI=1S/C20H28N4O3.ClH/c1-15-21-23(14-11-17-9-12-22(2)13-10-17)20(27)24(15)18-6-3-16(4-7-18)5-8-19(25)26;/h3-4,6-7,17H,5,8-14H2,1-2H3,(H,25,26);1H. The maximum Gasteiger partial charge on any atom is 0.350 e. The summed E-state index contributed by atoms with van der Waals surface area (Å²) in [6.07, 6.45) is 3.94. The van der Waals surface area contributed by atoms with Crippen molar-refractivity contribution >= 4 is 18.4 Å². The first kappa shape index (κ1) is 22.2. The number of benzene rings is 1. The average Bonchev–Trinajstić information content (AvgIpc) is 2.93. The van der Waals surface area contributed by atoms with Crippen LogP contribution in [0.5, 0.6) is 0 Å². The quantitative estimate of drug-likeness (QED) is 0.761. The molecular formula is C20H29ClN4O3. The molecule has 1 aliphatic rings. The third-order valence-corrected chi connectivity index (χ3v) is 5.41. The van der Waals surface area contributed by atoms with Crippen molar-refractivity contribution in [1.82, 2.24) is 19.2 Å². The highest BCUT2D eigenvalue weighted by molar-refractivity contribution is 5.85. The minimum atomic E-state index is -0.808. The van der Waals surface area contributed by atoms with Gasteiger partial charge in [0, 0.05) is 13.0 Å². The van der Waals surface area contributed by atoms with E-state index < -0.39 is 5.97 Å². The molecule has 0 atom stereocenters. The molecule has 3 rings (SSSR count). The Morgan fingerprint density at radius 2 is 1.86 bits per heavy atom. The molecule has 0 bridgehead atoms. The molecule has 1 fully saturated rings. The molecule has 1 N–H and O–H groups in total. The molecule has 0 aliphatic carbocycles. The lowest BCUT2D eigenvalue weighted by molar-refractivity contribution is -0.136.